The molecule has 0 radical (unpaired) electrons. The van der Waals surface area contributed by atoms with E-state index in [1.165, 1.54) is 12.1 Å². The van der Waals surface area contributed by atoms with Crippen LogP contribution in [-0.2, 0) is 6.18 Å². The lowest BCUT2D eigenvalue weighted by Gasteiger charge is -2.33. The summed E-state index contributed by atoms with van der Waals surface area (Å²) in [7, 11) is 0. The fourth-order valence-electron chi connectivity index (χ4n) is 2.33. The van der Waals surface area contributed by atoms with Crippen molar-refractivity contribution in [3.63, 3.8) is 0 Å². The van der Waals surface area contributed by atoms with E-state index in [0.29, 0.717) is 12.2 Å². The van der Waals surface area contributed by atoms with E-state index in [2.05, 4.69) is 0 Å². The summed E-state index contributed by atoms with van der Waals surface area (Å²) in [6.45, 7) is 1.46. The van der Waals surface area contributed by atoms with Crippen LogP contribution >= 0.6 is 0 Å². The Labute approximate surface area is 104 Å². The average Bonchev–Trinajstić information content (AvgIpc) is 2.38. The first kappa shape index (κ1) is 13.2. The summed E-state index contributed by atoms with van der Waals surface area (Å²) in [6, 6.07) is 5.38. The molecule has 18 heavy (non-hydrogen) atoms. The third-order valence-electron chi connectivity index (χ3n) is 3.32. The van der Waals surface area contributed by atoms with Gasteiger partial charge in [0.2, 0.25) is 0 Å². The first-order chi connectivity index (χ1) is 8.50. The second-order valence-corrected chi connectivity index (χ2v) is 4.68. The number of rotatable bonds is 2. The van der Waals surface area contributed by atoms with Gasteiger partial charge in [-0.05, 0) is 37.0 Å². The Kier molecular flexibility index (Phi) is 3.80. The minimum Gasteiger partial charge on any atom is -0.396 e. The number of aliphatic hydroxyl groups excluding tert-OH is 1. The average molecular weight is 259 g/mol. The lowest BCUT2D eigenvalue weighted by atomic mass is 9.98. The molecule has 0 spiro atoms. The minimum absolute atomic E-state index is 0.0927. The number of hydrogen-bond acceptors (Lipinski definition) is 2. The van der Waals surface area contributed by atoms with Crippen LogP contribution in [0.2, 0.25) is 0 Å². The van der Waals surface area contributed by atoms with E-state index in [-0.39, 0.29) is 12.5 Å². The van der Waals surface area contributed by atoms with Crippen molar-refractivity contribution in [2.24, 2.45) is 5.92 Å². The van der Waals surface area contributed by atoms with Gasteiger partial charge in [-0.15, -0.1) is 0 Å². The fourth-order valence-corrected chi connectivity index (χ4v) is 2.33. The summed E-state index contributed by atoms with van der Waals surface area (Å²) < 4.78 is 37.9. The van der Waals surface area contributed by atoms with Crippen LogP contribution in [0.1, 0.15) is 18.4 Å². The third kappa shape index (κ3) is 2.96. The van der Waals surface area contributed by atoms with E-state index in [1.54, 1.807) is 6.07 Å². The van der Waals surface area contributed by atoms with Crippen molar-refractivity contribution in [2.45, 2.75) is 19.0 Å². The van der Waals surface area contributed by atoms with E-state index in [0.717, 1.165) is 25.5 Å². The normalized spacial score (nSPS) is 21.1. The van der Waals surface area contributed by atoms with Crippen LogP contribution < -0.4 is 4.90 Å². The van der Waals surface area contributed by atoms with E-state index < -0.39 is 11.7 Å². The Hall–Kier alpha value is -1.23. The van der Waals surface area contributed by atoms with Gasteiger partial charge in [-0.2, -0.15) is 13.2 Å². The number of aliphatic hydroxyl groups is 1. The molecular formula is C13H16F3NO. The molecule has 1 aromatic carbocycles. The van der Waals surface area contributed by atoms with Crippen LogP contribution in [0.4, 0.5) is 18.9 Å². The lowest BCUT2D eigenvalue weighted by Crippen LogP contribution is -2.36. The highest BCUT2D eigenvalue weighted by Gasteiger charge is 2.31. The molecule has 0 bridgehead atoms. The van der Waals surface area contributed by atoms with Crippen LogP contribution in [0.3, 0.4) is 0 Å². The third-order valence-corrected chi connectivity index (χ3v) is 3.32. The van der Waals surface area contributed by atoms with E-state index in [1.807, 2.05) is 4.90 Å². The first-order valence-electron chi connectivity index (χ1n) is 6.04. The van der Waals surface area contributed by atoms with Gasteiger partial charge in [-0.25, -0.2) is 0 Å². The Morgan fingerprint density at radius 1 is 1.33 bits per heavy atom. The second kappa shape index (κ2) is 5.18. The summed E-state index contributed by atoms with van der Waals surface area (Å²) >= 11 is 0. The monoisotopic (exact) mass is 259 g/mol. The molecule has 1 atom stereocenters. The van der Waals surface area contributed by atoms with Gasteiger partial charge in [0, 0.05) is 25.4 Å². The Balaban J connectivity index is 2.18. The number of nitrogens with zero attached hydrogens (tertiary/aromatic N) is 1. The maximum absolute atomic E-state index is 12.6. The molecule has 0 aromatic heterocycles. The summed E-state index contributed by atoms with van der Waals surface area (Å²) in [6.07, 6.45) is -2.46. The highest BCUT2D eigenvalue weighted by atomic mass is 19.4. The number of anilines is 1. The van der Waals surface area contributed by atoms with Crippen molar-refractivity contribution in [3.05, 3.63) is 29.8 Å². The van der Waals surface area contributed by atoms with E-state index in [9.17, 15) is 13.2 Å². The van der Waals surface area contributed by atoms with Crippen LogP contribution in [0.15, 0.2) is 24.3 Å². The van der Waals surface area contributed by atoms with Crippen molar-refractivity contribution in [1.29, 1.82) is 0 Å². The maximum Gasteiger partial charge on any atom is 0.416 e. The standard InChI is InChI=1S/C13H16F3NO/c14-13(15,16)11-4-1-5-12(7-11)17-6-2-3-10(8-17)9-18/h1,4-5,7,10,18H,2-3,6,8-9H2. The van der Waals surface area contributed by atoms with Gasteiger partial charge in [0.15, 0.2) is 0 Å². The Bertz CT molecular complexity index is 405. The summed E-state index contributed by atoms with van der Waals surface area (Å²) in [4.78, 5) is 1.92. The molecule has 100 valence electrons. The molecule has 1 aliphatic heterocycles. The zero-order valence-electron chi connectivity index (χ0n) is 9.95. The molecule has 0 saturated carbocycles. The van der Waals surface area contributed by atoms with E-state index >= 15 is 0 Å². The number of halogens is 3. The maximum atomic E-state index is 12.6. The molecule has 1 saturated heterocycles. The topological polar surface area (TPSA) is 23.5 Å². The summed E-state index contributed by atoms with van der Waals surface area (Å²) in [5.74, 6) is 0.160. The molecule has 0 amide bonds. The molecule has 2 rings (SSSR count). The second-order valence-electron chi connectivity index (χ2n) is 4.68. The van der Waals surface area contributed by atoms with E-state index in [4.69, 9.17) is 5.11 Å². The predicted molar refractivity (Wildman–Crippen MR) is 63.5 cm³/mol. The molecule has 1 aliphatic rings. The SMILES string of the molecule is OCC1CCCN(c2cccc(C(F)(F)F)c2)C1. The van der Waals surface area contributed by atoms with Gasteiger partial charge in [0.25, 0.3) is 0 Å². The highest BCUT2D eigenvalue weighted by Crippen LogP contribution is 2.32. The number of hydrogen-bond donors (Lipinski definition) is 1. The molecule has 1 unspecified atom stereocenters. The quantitative estimate of drug-likeness (QED) is 0.882. The van der Waals surface area contributed by atoms with Gasteiger partial charge in [-0.1, -0.05) is 6.07 Å². The van der Waals surface area contributed by atoms with Crippen molar-refractivity contribution < 1.29 is 18.3 Å². The van der Waals surface area contributed by atoms with Gasteiger partial charge in [0.05, 0.1) is 5.56 Å². The molecule has 5 heteroatoms. The van der Waals surface area contributed by atoms with Gasteiger partial charge in [0.1, 0.15) is 0 Å². The number of piperidine rings is 1. The molecule has 1 N–H and O–H groups in total. The van der Waals surface area contributed by atoms with Crippen molar-refractivity contribution in [3.8, 4) is 0 Å². The fraction of sp³-hybridized carbons (Fsp3) is 0.538. The smallest absolute Gasteiger partial charge is 0.396 e. The minimum atomic E-state index is -4.30. The van der Waals surface area contributed by atoms with Gasteiger partial charge < -0.3 is 10.0 Å². The zero-order chi connectivity index (χ0) is 13.2. The highest BCUT2D eigenvalue weighted by molar-refractivity contribution is 5.49. The summed E-state index contributed by atoms with van der Waals surface area (Å²) in [5, 5.41) is 9.13. The predicted octanol–water partition coefficient (Wildman–Crippen LogP) is 2.91. The summed E-state index contributed by atoms with van der Waals surface area (Å²) in [5.41, 5.74) is -0.0332. The largest absolute Gasteiger partial charge is 0.416 e. The number of alkyl halides is 3. The Morgan fingerprint density at radius 2 is 2.11 bits per heavy atom. The molecule has 1 heterocycles. The molecular weight excluding hydrogens is 243 g/mol. The Morgan fingerprint density at radius 3 is 2.78 bits per heavy atom. The van der Waals surface area contributed by atoms with Crippen LogP contribution in [0.5, 0.6) is 0 Å². The lowest BCUT2D eigenvalue weighted by molar-refractivity contribution is -0.137. The van der Waals surface area contributed by atoms with Crippen molar-refractivity contribution in [1.82, 2.24) is 0 Å². The van der Waals surface area contributed by atoms with Crippen LogP contribution in [0.25, 0.3) is 0 Å². The first-order valence-corrected chi connectivity index (χ1v) is 6.04. The van der Waals surface area contributed by atoms with Crippen molar-refractivity contribution >= 4 is 5.69 Å². The van der Waals surface area contributed by atoms with Crippen LogP contribution in [0, 0.1) is 5.92 Å². The molecule has 2 nitrogen and oxygen atoms in total. The molecule has 0 aliphatic carbocycles. The van der Waals surface area contributed by atoms with Crippen molar-refractivity contribution in [2.75, 3.05) is 24.6 Å². The van der Waals surface area contributed by atoms with Gasteiger partial charge >= 0.3 is 6.18 Å². The molecule has 1 fully saturated rings. The zero-order valence-corrected chi connectivity index (χ0v) is 9.95. The van der Waals surface area contributed by atoms with Gasteiger partial charge in [-0.3, -0.25) is 0 Å². The molecule has 1 aromatic rings. The number of benzene rings is 1. The van der Waals surface area contributed by atoms with Crippen LogP contribution in [-0.4, -0.2) is 24.8 Å².